The molecule has 0 spiro atoms. The van der Waals surface area contributed by atoms with Crippen LogP contribution < -0.4 is 5.32 Å². The largest absolute Gasteiger partial charge is 0.387 e. The Kier molecular flexibility index (Phi) is 4.19. The Labute approximate surface area is 127 Å². The highest BCUT2D eigenvalue weighted by Crippen LogP contribution is 2.32. The fourth-order valence-electron chi connectivity index (χ4n) is 2.80. The van der Waals surface area contributed by atoms with Gasteiger partial charge in [0.25, 0.3) is 0 Å². The first-order valence-corrected chi connectivity index (χ1v) is 7.31. The topological polar surface area (TPSA) is 45.2 Å². The fraction of sp³-hybridized carbons (Fsp3) is 0.312. The molecular formula is C16H16ClFN2O. The van der Waals surface area contributed by atoms with Crippen molar-refractivity contribution in [2.75, 3.05) is 0 Å². The summed E-state index contributed by atoms with van der Waals surface area (Å²) >= 11 is 5.89. The number of rotatable bonds is 3. The van der Waals surface area contributed by atoms with Gasteiger partial charge in [0.05, 0.1) is 12.3 Å². The van der Waals surface area contributed by atoms with E-state index >= 15 is 0 Å². The average Bonchev–Trinajstić information content (AvgIpc) is 2.97. The quantitative estimate of drug-likeness (QED) is 0.913. The number of hydrogen-bond acceptors (Lipinski definition) is 3. The Morgan fingerprint density at radius 1 is 1.24 bits per heavy atom. The van der Waals surface area contributed by atoms with Gasteiger partial charge in [-0.2, -0.15) is 0 Å². The zero-order chi connectivity index (χ0) is 14.8. The number of aliphatic hydroxyl groups excluding tert-OH is 1. The number of benzene rings is 1. The van der Waals surface area contributed by atoms with Gasteiger partial charge in [0, 0.05) is 28.9 Å². The lowest BCUT2D eigenvalue weighted by Crippen LogP contribution is -2.30. The van der Waals surface area contributed by atoms with Gasteiger partial charge in [-0.1, -0.05) is 23.7 Å². The van der Waals surface area contributed by atoms with E-state index in [0.717, 1.165) is 24.6 Å². The van der Waals surface area contributed by atoms with Crippen molar-refractivity contribution in [3.63, 3.8) is 0 Å². The van der Waals surface area contributed by atoms with Crippen molar-refractivity contribution in [2.24, 2.45) is 0 Å². The smallest absolute Gasteiger partial charge is 0.141 e. The van der Waals surface area contributed by atoms with Crippen LogP contribution in [0.25, 0.3) is 0 Å². The van der Waals surface area contributed by atoms with Gasteiger partial charge in [-0.25, -0.2) is 4.39 Å². The molecule has 1 aromatic carbocycles. The van der Waals surface area contributed by atoms with E-state index in [9.17, 15) is 9.50 Å². The molecule has 3 nitrogen and oxygen atoms in total. The molecule has 3 rings (SSSR count). The van der Waals surface area contributed by atoms with Gasteiger partial charge in [0.1, 0.15) is 5.82 Å². The third kappa shape index (κ3) is 3.23. The molecule has 21 heavy (non-hydrogen) atoms. The van der Waals surface area contributed by atoms with Crippen molar-refractivity contribution in [3.8, 4) is 0 Å². The summed E-state index contributed by atoms with van der Waals surface area (Å²) in [4.78, 5) is 3.79. The summed E-state index contributed by atoms with van der Waals surface area (Å²) in [7, 11) is 0. The minimum absolute atomic E-state index is 0.103. The van der Waals surface area contributed by atoms with Crippen LogP contribution in [0.5, 0.6) is 0 Å². The van der Waals surface area contributed by atoms with Gasteiger partial charge in [-0.3, -0.25) is 4.98 Å². The van der Waals surface area contributed by atoms with Crippen molar-refractivity contribution in [1.82, 2.24) is 10.3 Å². The van der Waals surface area contributed by atoms with Crippen molar-refractivity contribution in [1.29, 1.82) is 0 Å². The molecule has 0 bridgehead atoms. The number of hydrogen-bond donors (Lipinski definition) is 2. The molecule has 2 heterocycles. The van der Waals surface area contributed by atoms with Crippen LogP contribution in [0.2, 0.25) is 5.02 Å². The van der Waals surface area contributed by atoms with Crippen LogP contribution in [-0.4, -0.2) is 16.1 Å². The Morgan fingerprint density at radius 2 is 2.00 bits per heavy atom. The Morgan fingerprint density at radius 3 is 2.71 bits per heavy atom. The Bertz CT molecular complexity index is 620. The number of pyridine rings is 1. The molecule has 3 atom stereocenters. The molecule has 0 aliphatic carbocycles. The molecule has 2 aromatic rings. The highest BCUT2D eigenvalue weighted by molar-refractivity contribution is 6.30. The van der Waals surface area contributed by atoms with Crippen LogP contribution in [-0.2, 0) is 0 Å². The summed E-state index contributed by atoms with van der Waals surface area (Å²) in [5.41, 5.74) is 1.65. The third-order valence-electron chi connectivity index (χ3n) is 3.90. The van der Waals surface area contributed by atoms with Crippen molar-refractivity contribution in [2.45, 2.75) is 31.0 Å². The van der Waals surface area contributed by atoms with Gasteiger partial charge in [-0.05, 0) is 36.6 Å². The van der Waals surface area contributed by atoms with E-state index in [0.29, 0.717) is 10.6 Å². The maximum absolute atomic E-state index is 13.2. The van der Waals surface area contributed by atoms with E-state index in [-0.39, 0.29) is 12.1 Å². The normalized spacial score (nSPS) is 23.2. The van der Waals surface area contributed by atoms with Gasteiger partial charge in [0.2, 0.25) is 0 Å². The molecule has 1 aliphatic heterocycles. The summed E-state index contributed by atoms with van der Waals surface area (Å²) in [5.74, 6) is -0.432. The first-order valence-electron chi connectivity index (χ1n) is 6.93. The van der Waals surface area contributed by atoms with Gasteiger partial charge < -0.3 is 10.4 Å². The van der Waals surface area contributed by atoms with Crippen molar-refractivity contribution < 1.29 is 9.50 Å². The second-order valence-electron chi connectivity index (χ2n) is 5.34. The lowest BCUT2D eigenvalue weighted by atomic mass is 10.0. The van der Waals surface area contributed by atoms with Gasteiger partial charge >= 0.3 is 0 Å². The van der Waals surface area contributed by atoms with Crippen LogP contribution in [0, 0.1) is 5.82 Å². The van der Waals surface area contributed by atoms with E-state index in [2.05, 4.69) is 10.3 Å². The molecule has 5 heteroatoms. The van der Waals surface area contributed by atoms with Gasteiger partial charge in [-0.15, -0.1) is 0 Å². The summed E-state index contributed by atoms with van der Waals surface area (Å²) in [5, 5.41) is 14.5. The van der Waals surface area contributed by atoms with E-state index in [1.807, 2.05) is 24.3 Å². The highest BCUT2D eigenvalue weighted by Gasteiger charge is 2.30. The SMILES string of the molecule is O[C@@H](c1cncc(F)c1)[C@H]1CC[C@H](c2ccc(Cl)cc2)N1. The van der Waals surface area contributed by atoms with Crippen LogP contribution in [0.4, 0.5) is 4.39 Å². The third-order valence-corrected chi connectivity index (χ3v) is 4.15. The lowest BCUT2D eigenvalue weighted by molar-refractivity contribution is 0.134. The van der Waals surface area contributed by atoms with Crippen LogP contribution in [0.3, 0.4) is 0 Å². The highest BCUT2D eigenvalue weighted by atomic mass is 35.5. The molecule has 0 saturated carbocycles. The average molecular weight is 307 g/mol. The lowest BCUT2D eigenvalue weighted by Gasteiger charge is -2.20. The predicted octanol–water partition coefficient (Wildman–Crippen LogP) is 3.40. The minimum Gasteiger partial charge on any atom is -0.387 e. The molecule has 0 radical (unpaired) electrons. The molecule has 1 fully saturated rings. The van der Waals surface area contributed by atoms with Crippen LogP contribution in [0.1, 0.15) is 36.1 Å². The van der Waals surface area contributed by atoms with Crippen LogP contribution >= 0.6 is 11.6 Å². The molecule has 0 amide bonds. The maximum Gasteiger partial charge on any atom is 0.141 e. The Hall–Kier alpha value is -1.49. The standard InChI is InChI=1S/C16H16ClFN2O/c17-12-3-1-10(2-4-12)14-5-6-15(20-14)16(21)11-7-13(18)9-19-8-11/h1-4,7-9,14-16,20-21H,5-6H2/t14-,15-,16+/m1/s1. The number of aliphatic hydroxyl groups is 1. The van der Waals surface area contributed by atoms with Crippen molar-refractivity contribution in [3.05, 3.63) is 64.7 Å². The number of halogens is 2. The van der Waals surface area contributed by atoms with E-state index in [1.54, 1.807) is 0 Å². The molecule has 1 saturated heterocycles. The van der Waals surface area contributed by atoms with E-state index < -0.39 is 11.9 Å². The van der Waals surface area contributed by atoms with E-state index in [4.69, 9.17) is 11.6 Å². The summed E-state index contributed by atoms with van der Waals surface area (Å²) < 4.78 is 13.2. The number of nitrogens with zero attached hydrogens (tertiary/aromatic N) is 1. The molecule has 0 unspecified atom stereocenters. The molecule has 1 aliphatic rings. The van der Waals surface area contributed by atoms with E-state index in [1.165, 1.54) is 12.3 Å². The Balaban J connectivity index is 1.70. The van der Waals surface area contributed by atoms with Crippen LogP contribution in [0.15, 0.2) is 42.7 Å². The summed E-state index contributed by atoms with van der Waals surface area (Å²) in [6.45, 7) is 0. The first kappa shape index (κ1) is 14.4. The fourth-order valence-corrected chi connectivity index (χ4v) is 2.93. The second-order valence-corrected chi connectivity index (χ2v) is 5.77. The minimum atomic E-state index is -0.759. The zero-order valence-electron chi connectivity index (χ0n) is 11.3. The second kappa shape index (κ2) is 6.10. The summed E-state index contributed by atoms with van der Waals surface area (Å²) in [6, 6.07) is 9.10. The molecule has 2 N–H and O–H groups in total. The summed E-state index contributed by atoms with van der Waals surface area (Å²) in [6.07, 6.45) is 3.63. The van der Waals surface area contributed by atoms with Gasteiger partial charge in [0.15, 0.2) is 0 Å². The predicted molar refractivity (Wildman–Crippen MR) is 79.5 cm³/mol. The number of nitrogens with one attached hydrogen (secondary N) is 1. The first-order chi connectivity index (χ1) is 10.1. The molecule has 110 valence electrons. The zero-order valence-corrected chi connectivity index (χ0v) is 12.1. The molecule has 1 aromatic heterocycles. The molecular weight excluding hydrogens is 291 g/mol. The van der Waals surface area contributed by atoms with Crippen molar-refractivity contribution >= 4 is 11.6 Å². The number of aromatic nitrogens is 1. The maximum atomic E-state index is 13.2. The monoisotopic (exact) mass is 306 g/mol.